The largest absolute Gasteiger partial charge is 0.375 e. The molecule has 1 radical (unpaired) electrons. The molecule has 0 aliphatic rings. The van der Waals surface area contributed by atoms with Crippen LogP contribution < -0.4 is 0 Å². The van der Waals surface area contributed by atoms with E-state index in [1.165, 1.54) is 0 Å². The van der Waals surface area contributed by atoms with E-state index in [-0.39, 0.29) is 36.0 Å². The van der Waals surface area contributed by atoms with Gasteiger partial charge in [0.05, 0.1) is 0 Å². The molecule has 0 aromatic carbocycles. The minimum absolute atomic E-state index is 0. The summed E-state index contributed by atoms with van der Waals surface area (Å²) in [6.07, 6.45) is -1.07. The number of hydrogen-bond acceptors (Lipinski definition) is 6. The molecule has 8 nitrogen and oxygen atoms in total. The average molecular weight is 287 g/mol. The summed E-state index contributed by atoms with van der Waals surface area (Å²) in [4.78, 5) is 0. The van der Waals surface area contributed by atoms with Crippen molar-refractivity contribution in [2.45, 2.75) is 30.1 Å². The van der Waals surface area contributed by atoms with Crippen molar-refractivity contribution >= 4 is 49.8 Å². The predicted molar refractivity (Wildman–Crippen MR) is 54.7 cm³/mol. The zero-order chi connectivity index (χ0) is 12.3. The summed E-state index contributed by atoms with van der Waals surface area (Å²) in [5.74, 6) is 0. The van der Waals surface area contributed by atoms with Gasteiger partial charge in [0.15, 0.2) is 10.9 Å². The normalized spacial score (nSPS) is 16.2. The second kappa shape index (κ2) is 7.24. The Kier molecular flexibility index (Phi) is 8.63. The molecule has 4 N–H and O–H groups in total. The molecule has 2 atom stereocenters. The molecule has 0 heterocycles. The zero-order valence-corrected chi connectivity index (χ0v) is 12.1. The fourth-order valence-electron chi connectivity index (χ4n) is 0.765. The van der Waals surface area contributed by atoms with Crippen LogP contribution in [0.3, 0.4) is 0 Å². The number of rotatable bonds is 6. The topological polar surface area (TPSA) is 149 Å². The summed E-state index contributed by atoms with van der Waals surface area (Å²) < 4.78 is 57.7. The Morgan fingerprint density at radius 3 is 1.25 bits per heavy atom. The van der Waals surface area contributed by atoms with Crippen LogP contribution in [-0.2, 0) is 20.2 Å². The summed E-state index contributed by atoms with van der Waals surface area (Å²) in [5.41, 5.74) is -4.04. The van der Waals surface area contributed by atoms with Crippen molar-refractivity contribution in [3.8, 4) is 0 Å². The maximum absolute atomic E-state index is 10.3. The van der Waals surface area contributed by atoms with Crippen LogP contribution in [0.1, 0.15) is 19.3 Å². The molecule has 0 bridgehead atoms. The third kappa shape index (κ3) is 7.92. The van der Waals surface area contributed by atoms with Gasteiger partial charge in [0.2, 0.25) is 0 Å². The Bertz CT molecular complexity index is 349. The third-order valence-electron chi connectivity index (χ3n) is 1.59. The van der Waals surface area contributed by atoms with Crippen LogP contribution in [0.25, 0.3) is 0 Å². The van der Waals surface area contributed by atoms with Crippen LogP contribution in [0.4, 0.5) is 0 Å². The van der Waals surface area contributed by atoms with Crippen molar-refractivity contribution < 1.29 is 36.2 Å². The molecule has 0 fully saturated rings. The van der Waals surface area contributed by atoms with E-state index in [1.54, 1.807) is 0 Å². The minimum Gasteiger partial charge on any atom is -0.375 e. The summed E-state index contributed by atoms with van der Waals surface area (Å²) in [5, 5.41) is 17.5. The Morgan fingerprint density at radius 2 is 1.06 bits per heavy atom. The molecule has 0 aliphatic carbocycles. The molecular weight excluding hydrogens is 275 g/mol. The van der Waals surface area contributed by atoms with Gasteiger partial charge in [-0.15, -0.1) is 0 Å². The van der Waals surface area contributed by atoms with E-state index >= 15 is 0 Å². The van der Waals surface area contributed by atoms with Gasteiger partial charge in [-0.2, -0.15) is 16.8 Å². The van der Waals surface area contributed by atoms with Crippen molar-refractivity contribution in [1.82, 2.24) is 0 Å². The zero-order valence-electron chi connectivity index (χ0n) is 8.51. The van der Waals surface area contributed by atoms with Gasteiger partial charge in [0.25, 0.3) is 20.2 Å². The van der Waals surface area contributed by atoms with Gasteiger partial charge in [-0.25, -0.2) is 0 Å². The summed E-state index contributed by atoms with van der Waals surface area (Å²) in [7, 11) is -9.15. The molecule has 0 aliphatic heterocycles. The quantitative estimate of drug-likeness (QED) is 0.330. The fourth-order valence-corrected chi connectivity index (χ4v) is 1.69. The molecular formula is C5H12NaO8S2. The standard InChI is InChI=1S/C5H12O8S2.Na/c6-4(14(8,9)10)2-1-3-5(7)15(11,12)13;/h4-7H,1-3H2,(H,8,9,10)(H,11,12,13);. The second-order valence-corrected chi connectivity index (χ2v) is 6.02. The van der Waals surface area contributed by atoms with E-state index in [1.807, 2.05) is 0 Å². The van der Waals surface area contributed by atoms with E-state index < -0.39 is 43.9 Å². The van der Waals surface area contributed by atoms with Crippen LogP contribution in [0.15, 0.2) is 0 Å². The van der Waals surface area contributed by atoms with E-state index in [4.69, 9.17) is 19.3 Å². The van der Waals surface area contributed by atoms with Crippen molar-refractivity contribution in [2.75, 3.05) is 0 Å². The summed E-state index contributed by atoms with van der Waals surface area (Å²) in [6, 6.07) is 0. The van der Waals surface area contributed by atoms with Crippen LogP contribution in [0, 0.1) is 0 Å². The van der Waals surface area contributed by atoms with Gasteiger partial charge in [0, 0.05) is 29.6 Å². The number of aliphatic hydroxyl groups is 2. The van der Waals surface area contributed by atoms with E-state index in [2.05, 4.69) is 0 Å². The first-order valence-corrected chi connectivity index (χ1v) is 6.84. The molecule has 0 amide bonds. The van der Waals surface area contributed by atoms with Gasteiger partial charge < -0.3 is 10.2 Å². The van der Waals surface area contributed by atoms with E-state index in [0.717, 1.165) is 0 Å². The average Bonchev–Trinajstić information content (AvgIpc) is 2.00. The molecule has 93 valence electrons. The Labute approximate surface area is 115 Å². The smallest absolute Gasteiger partial charge is 0.291 e. The Morgan fingerprint density at radius 1 is 0.812 bits per heavy atom. The molecule has 0 aromatic heterocycles. The maximum atomic E-state index is 10.3. The number of aliphatic hydroxyl groups excluding tert-OH is 2. The predicted octanol–water partition coefficient (Wildman–Crippen LogP) is -1.81. The van der Waals surface area contributed by atoms with Crippen LogP contribution in [0.2, 0.25) is 0 Å². The van der Waals surface area contributed by atoms with E-state index in [0.29, 0.717) is 0 Å². The van der Waals surface area contributed by atoms with E-state index in [9.17, 15) is 16.8 Å². The van der Waals surface area contributed by atoms with Gasteiger partial charge in [-0.1, -0.05) is 0 Å². The number of hydrogen-bond donors (Lipinski definition) is 4. The minimum atomic E-state index is -4.57. The van der Waals surface area contributed by atoms with Crippen LogP contribution in [-0.4, -0.2) is 76.6 Å². The molecule has 11 heteroatoms. The Balaban J connectivity index is 0. The molecule has 0 aromatic rings. The van der Waals surface area contributed by atoms with Crippen molar-refractivity contribution in [2.24, 2.45) is 0 Å². The van der Waals surface area contributed by atoms with Gasteiger partial charge in [-0.3, -0.25) is 9.11 Å². The molecule has 2 unspecified atom stereocenters. The summed E-state index contributed by atoms with van der Waals surface area (Å²) >= 11 is 0. The van der Waals surface area contributed by atoms with Crippen molar-refractivity contribution in [3.05, 3.63) is 0 Å². The van der Waals surface area contributed by atoms with Crippen LogP contribution >= 0.6 is 0 Å². The fraction of sp³-hybridized carbons (Fsp3) is 1.00. The van der Waals surface area contributed by atoms with Crippen LogP contribution in [0.5, 0.6) is 0 Å². The molecule has 16 heavy (non-hydrogen) atoms. The van der Waals surface area contributed by atoms with Crippen molar-refractivity contribution in [3.63, 3.8) is 0 Å². The van der Waals surface area contributed by atoms with Gasteiger partial charge in [-0.05, 0) is 19.3 Å². The Hall–Kier alpha value is 0.740. The second-order valence-electron chi connectivity index (χ2n) is 2.87. The van der Waals surface area contributed by atoms with Crippen molar-refractivity contribution in [1.29, 1.82) is 0 Å². The molecule has 0 spiro atoms. The first kappa shape index (κ1) is 19.1. The SMILES string of the molecule is O=S(=O)(O)C(O)CCCC(O)S(=O)(=O)O.[Na]. The maximum Gasteiger partial charge on any atom is 0.291 e. The van der Waals surface area contributed by atoms with Gasteiger partial charge in [0.1, 0.15) is 0 Å². The monoisotopic (exact) mass is 287 g/mol. The molecule has 0 saturated heterocycles. The molecule has 0 rings (SSSR count). The third-order valence-corrected chi connectivity index (χ3v) is 3.44. The first-order valence-electron chi connectivity index (χ1n) is 3.84. The molecule has 0 saturated carbocycles. The van der Waals surface area contributed by atoms with Gasteiger partial charge >= 0.3 is 0 Å². The first-order chi connectivity index (χ1) is 6.55. The summed E-state index contributed by atoms with van der Waals surface area (Å²) in [6.45, 7) is 0.